The third-order valence-corrected chi connectivity index (χ3v) is 3.25. The lowest BCUT2D eigenvalue weighted by Gasteiger charge is -2.18. The van der Waals surface area contributed by atoms with Gasteiger partial charge >= 0.3 is 6.03 Å². The van der Waals surface area contributed by atoms with Gasteiger partial charge in [0.1, 0.15) is 0 Å². The Morgan fingerprint density at radius 1 is 1.41 bits per heavy atom. The molecule has 17 heavy (non-hydrogen) atoms. The molecular weight excluding hydrogens is 214 g/mol. The summed E-state index contributed by atoms with van der Waals surface area (Å²) in [7, 11) is 0. The molecule has 4 nitrogen and oxygen atoms in total. The summed E-state index contributed by atoms with van der Waals surface area (Å²) in [5, 5.41) is 2.95. The summed E-state index contributed by atoms with van der Waals surface area (Å²) >= 11 is 0. The Bertz CT molecular complexity index is 411. The summed E-state index contributed by atoms with van der Waals surface area (Å²) in [6, 6.07) is 5.84. The summed E-state index contributed by atoms with van der Waals surface area (Å²) in [5.41, 5.74) is 8.68. The van der Waals surface area contributed by atoms with Crippen LogP contribution in [-0.2, 0) is 6.54 Å². The van der Waals surface area contributed by atoms with E-state index in [0.717, 1.165) is 42.7 Å². The van der Waals surface area contributed by atoms with Gasteiger partial charge < -0.3 is 16.0 Å². The van der Waals surface area contributed by atoms with Crippen molar-refractivity contribution in [3.63, 3.8) is 0 Å². The number of carbonyl (C=O) groups excluding carboxylic acids is 1. The fourth-order valence-corrected chi connectivity index (χ4v) is 2.20. The van der Waals surface area contributed by atoms with Crippen LogP contribution in [0, 0.1) is 6.92 Å². The van der Waals surface area contributed by atoms with Gasteiger partial charge in [-0.1, -0.05) is 12.1 Å². The molecule has 1 aromatic rings. The number of benzene rings is 1. The maximum Gasteiger partial charge on any atom is 0.321 e. The number of anilines is 1. The number of nitrogens with two attached hydrogens (primary N) is 1. The maximum absolute atomic E-state index is 12.0. The molecule has 1 heterocycles. The molecule has 0 aliphatic carbocycles. The molecule has 0 aromatic heterocycles. The Labute approximate surface area is 102 Å². The standard InChI is InChI=1S/C13H19N3O/c1-10-5-4-6-12(11(10)9-14)15-13(17)16-7-2-3-8-16/h4-6H,2-3,7-9,14H2,1H3,(H,15,17). The number of rotatable bonds is 2. The zero-order chi connectivity index (χ0) is 12.3. The highest BCUT2D eigenvalue weighted by atomic mass is 16.2. The lowest BCUT2D eigenvalue weighted by atomic mass is 10.1. The molecule has 1 aromatic carbocycles. The Kier molecular flexibility index (Phi) is 3.64. The molecule has 0 bridgehead atoms. The van der Waals surface area contributed by atoms with E-state index < -0.39 is 0 Å². The summed E-state index contributed by atoms with van der Waals surface area (Å²) < 4.78 is 0. The van der Waals surface area contributed by atoms with E-state index in [0.29, 0.717) is 6.54 Å². The Morgan fingerprint density at radius 3 is 2.76 bits per heavy atom. The molecule has 0 unspecified atom stereocenters. The highest BCUT2D eigenvalue weighted by Gasteiger charge is 2.18. The largest absolute Gasteiger partial charge is 0.326 e. The second-order valence-electron chi connectivity index (χ2n) is 4.43. The van der Waals surface area contributed by atoms with Crippen LogP contribution in [0.1, 0.15) is 24.0 Å². The molecule has 2 amide bonds. The average Bonchev–Trinajstić information content (AvgIpc) is 2.82. The number of aryl methyl sites for hydroxylation is 1. The van der Waals surface area contributed by atoms with Crippen molar-refractivity contribution in [1.82, 2.24) is 4.90 Å². The predicted octanol–water partition coefficient (Wildman–Crippen LogP) is 2.08. The van der Waals surface area contributed by atoms with E-state index in [1.807, 2.05) is 30.0 Å². The lowest BCUT2D eigenvalue weighted by molar-refractivity contribution is 0.222. The highest BCUT2D eigenvalue weighted by Crippen LogP contribution is 2.20. The first-order valence-electron chi connectivity index (χ1n) is 6.07. The normalized spacial score (nSPS) is 15.1. The van der Waals surface area contributed by atoms with Gasteiger partial charge in [-0.05, 0) is 37.0 Å². The molecule has 0 saturated carbocycles. The minimum absolute atomic E-state index is 0.0113. The summed E-state index contributed by atoms with van der Waals surface area (Å²) in [5.74, 6) is 0. The van der Waals surface area contributed by atoms with Crippen LogP contribution in [0.15, 0.2) is 18.2 Å². The molecule has 3 N–H and O–H groups in total. The van der Waals surface area contributed by atoms with Crippen LogP contribution in [0.25, 0.3) is 0 Å². The molecule has 0 atom stereocenters. The first kappa shape index (κ1) is 11.9. The number of likely N-dealkylation sites (tertiary alicyclic amines) is 1. The monoisotopic (exact) mass is 233 g/mol. The summed E-state index contributed by atoms with van der Waals surface area (Å²) in [4.78, 5) is 13.8. The minimum Gasteiger partial charge on any atom is -0.326 e. The number of amides is 2. The van der Waals surface area contributed by atoms with Crippen LogP contribution < -0.4 is 11.1 Å². The molecule has 2 rings (SSSR count). The third kappa shape index (κ3) is 2.58. The quantitative estimate of drug-likeness (QED) is 0.821. The van der Waals surface area contributed by atoms with E-state index in [9.17, 15) is 4.79 Å². The van der Waals surface area contributed by atoms with Crippen molar-refractivity contribution >= 4 is 11.7 Å². The molecular formula is C13H19N3O. The number of carbonyl (C=O) groups is 1. The second kappa shape index (κ2) is 5.19. The van der Waals surface area contributed by atoms with Gasteiger partial charge in [0.25, 0.3) is 0 Å². The zero-order valence-corrected chi connectivity index (χ0v) is 10.2. The van der Waals surface area contributed by atoms with Crippen molar-refractivity contribution in [2.45, 2.75) is 26.3 Å². The smallest absolute Gasteiger partial charge is 0.321 e. The van der Waals surface area contributed by atoms with E-state index >= 15 is 0 Å². The SMILES string of the molecule is Cc1cccc(NC(=O)N2CCCC2)c1CN. The number of nitrogens with one attached hydrogen (secondary N) is 1. The van der Waals surface area contributed by atoms with Crippen molar-refractivity contribution in [2.24, 2.45) is 5.73 Å². The first-order chi connectivity index (χ1) is 8.22. The molecule has 4 heteroatoms. The van der Waals surface area contributed by atoms with E-state index in [1.54, 1.807) is 0 Å². The van der Waals surface area contributed by atoms with E-state index in [2.05, 4.69) is 5.32 Å². The highest BCUT2D eigenvalue weighted by molar-refractivity contribution is 5.90. The lowest BCUT2D eigenvalue weighted by Crippen LogP contribution is -2.32. The number of hydrogen-bond donors (Lipinski definition) is 2. The molecule has 1 aliphatic heterocycles. The van der Waals surface area contributed by atoms with Crippen molar-refractivity contribution < 1.29 is 4.79 Å². The van der Waals surface area contributed by atoms with Crippen LogP contribution in [-0.4, -0.2) is 24.0 Å². The van der Waals surface area contributed by atoms with Gasteiger partial charge in [0, 0.05) is 25.3 Å². The minimum atomic E-state index is -0.0113. The van der Waals surface area contributed by atoms with Crippen LogP contribution in [0.3, 0.4) is 0 Å². The Hall–Kier alpha value is -1.55. The molecule has 0 spiro atoms. The van der Waals surface area contributed by atoms with E-state index in [1.165, 1.54) is 0 Å². The maximum atomic E-state index is 12.0. The van der Waals surface area contributed by atoms with Crippen molar-refractivity contribution in [1.29, 1.82) is 0 Å². The van der Waals surface area contributed by atoms with Gasteiger partial charge in [0.15, 0.2) is 0 Å². The molecule has 1 aliphatic rings. The van der Waals surface area contributed by atoms with Crippen molar-refractivity contribution in [2.75, 3.05) is 18.4 Å². The molecule has 0 radical (unpaired) electrons. The second-order valence-corrected chi connectivity index (χ2v) is 4.43. The van der Waals surface area contributed by atoms with Crippen LogP contribution in [0.2, 0.25) is 0 Å². The average molecular weight is 233 g/mol. The predicted molar refractivity (Wildman–Crippen MR) is 68.9 cm³/mol. The topological polar surface area (TPSA) is 58.4 Å². The fourth-order valence-electron chi connectivity index (χ4n) is 2.20. The fraction of sp³-hybridized carbons (Fsp3) is 0.462. The zero-order valence-electron chi connectivity index (χ0n) is 10.2. The number of nitrogens with zero attached hydrogens (tertiary/aromatic N) is 1. The number of urea groups is 1. The first-order valence-corrected chi connectivity index (χ1v) is 6.07. The Morgan fingerprint density at radius 2 is 2.12 bits per heavy atom. The number of hydrogen-bond acceptors (Lipinski definition) is 2. The van der Waals surface area contributed by atoms with Gasteiger partial charge in [-0.25, -0.2) is 4.79 Å². The van der Waals surface area contributed by atoms with E-state index in [-0.39, 0.29) is 6.03 Å². The van der Waals surface area contributed by atoms with Gasteiger partial charge in [0.05, 0.1) is 0 Å². The van der Waals surface area contributed by atoms with Crippen molar-refractivity contribution in [3.8, 4) is 0 Å². The summed E-state index contributed by atoms with van der Waals surface area (Å²) in [6.07, 6.45) is 2.20. The van der Waals surface area contributed by atoms with E-state index in [4.69, 9.17) is 5.73 Å². The Balaban J connectivity index is 2.12. The third-order valence-electron chi connectivity index (χ3n) is 3.25. The molecule has 1 fully saturated rings. The molecule has 1 saturated heterocycles. The molecule has 92 valence electrons. The van der Waals surface area contributed by atoms with Crippen LogP contribution in [0.4, 0.5) is 10.5 Å². The van der Waals surface area contributed by atoms with Gasteiger partial charge in [0.2, 0.25) is 0 Å². The summed E-state index contributed by atoms with van der Waals surface area (Å²) in [6.45, 7) is 4.17. The van der Waals surface area contributed by atoms with Gasteiger partial charge in [-0.3, -0.25) is 0 Å². The van der Waals surface area contributed by atoms with Crippen molar-refractivity contribution in [3.05, 3.63) is 29.3 Å². The van der Waals surface area contributed by atoms with Crippen LogP contribution >= 0.6 is 0 Å². The van der Waals surface area contributed by atoms with Crippen LogP contribution in [0.5, 0.6) is 0 Å². The van der Waals surface area contributed by atoms with Gasteiger partial charge in [-0.2, -0.15) is 0 Å². The van der Waals surface area contributed by atoms with Gasteiger partial charge in [-0.15, -0.1) is 0 Å².